The Morgan fingerprint density at radius 3 is 2.00 bits per heavy atom. The van der Waals surface area contributed by atoms with Crippen molar-refractivity contribution in [1.82, 2.24) is 0 Å². The average molecular weight is 294 g/mol. The van der Waals surface area contributed by atoms with Crippen molar-refractivity contribution < 1.29 is 29.9 Å². The summed E-state index contributed by atoms with van der Waals surface area (Å²) in [5, 5.41) is 0. The van der Waals surface area contributed by atoms with Crippen LogP contribution in [-0.4, -0.2) is 36.8 Å². The van der Waals surface area contributed by atoms with E-state index in [1.807, 2.05) is 0 Å². The molecule has 18 heavy (non-hydrogen) atoms. The number of hydrogen-bond acceptors (Lipinski definition) is 7. The molecule has 0 fully saturated rings. The van der Waals surface area contributed by atoms with E-state index in [4.69, 9.17) is 4.74 Å². The molecule has 1 aromatic rings. The van der Waals surface area contributed by atoms with Gasteiger partial charge in [-0.1, -0.05) is 12.1 Å². The van der Waals surface area contributed by atoms with E-state index in [1.54, 1.807) is 0 Å². The second kappa shape index (κ2) is 4.94. The average Bonchev–Trinajstić information content (AvgIpc) is 2.33. The summed E-state index contributed by atoms with van der Waals surface area (Å²) in [6.45, 7) is -0.781. The largest absolute Gasteiger partial charge is 0.352 e. The quantitative estimate of drug-likeness (QED) is 0.625. The van der Waals surface area contributed by atoms with Gasteiger partial charge in [0.15, 0.2) is 6.79 Å². The van der Waals surface area contributed by atoms with Gasteiger partial charge in [-0.2, -0.15) is 16.8 Å². The molecular weight excluding hydrogens is 284 g/mol. The Hall–Kier alpha value is -1.00. The molecule has 0 atom stereocenters. The fourth-order valence-corrected chi connectivity index (χ4v) is 3.82. The third-order valence-electron chi connectivity index (χ3n) is 2.14. The van der Waals surface area contributed by atoms with E-state index >= 15 is 0 Å². The summed E-state index contributed by atoms with van der Waals surface area (Å²) in [4.78, 5) is -0.901. The molecule has 7 nitrogen and oxygen atoms in total. The van der Waals surface area contributed by atoms with Gasteiger partial charge in [-0.3, -0.25) is 4.18 Å². The van der Waals surface area contributed by atoms with Crippen LogP contribution in [-0.2, 0) is 33.3 Å². The summed E-state index contributed by atoms with van der Waals surface area (Å²) in [5.74, 6) is 0. The van der Waals surface area contributed by atoms with Crippen LogP contribution in [0.5, 0.6) is 0 Å². The summed E-state index contributed by atoms with van der Waals surface area (Å²) in [5.41, 5.74) is 0. The summed E-state index contributed by atoms with van der Waals surface area (Å²) < 4.78 is 61.1. The lowest BCUT2D eigenvalue weighted by Gasteiger charge is -2.13. The van der Waals surface area contributed by atoms with E-state index in [-0.39, 0.29) is 13.2 Å². The molecule has 1 aromatic carbocycles. The molecule has 1 aliphatic heterocycles. The molecule has 0 spiro atoms. The SMILES string of the molecule is O=S1(=O)OCCOCOS(=O)(=O)c2ccccc21. The zero-order valence-electron chi connectivity index (χ0n) is 9.10. The Labute approximate surface area is 105 Å². The van der Waals surface area contributed by atoms with Crippen LogP contribution in [0.4, 0.5) is 0 Å². The van der Waals surface area contributed by atoms with E-state index in [1.165, 1.54) is 12.1 Å². The van der Waals surface area contributed by atoms with Crippen LogP contribution >= 0.6 is 0 Å². The highest BCUT2D eigenvalue weighted by molar-refractivity contribution is 7.90. The molecule has 0 unspecified atom stereocenters. The predicted octanol–water partition coefficient (Wildman–Crippen LogP) is 0.0849. The summed E-state index contributed by atoms with van der Waals surface area (Å²) in [7, 11) is -8.35. The van der Waals surface area contributed by atoms with Gasteiger partial charge in [-0.05, 0) is 12.1 Å². The second-order valence-electron chi connectivity index (χ2n) is 3.32. The van der Waals surface area contributed by atoms with Gasteiger partial charge in [0.25, 0.3) is 10.1 Å². The molecule has 100 valence electrons. The monoisotopic (exact) mass is 294 g/mol. The minimum atomic E-state index is -4.20. The molecule has 0 N–H and O–H groups in total. The first-order valence-corrected chi connectivity index (χ1v) is 7.71. The van der Waals surface area contributed by atoms with Crippen molar-refractivity contribution in [3.63, 3.8) is 0 Å². The first-order valence-electron chi connectivity index (χ1n) is 4.89. The number of benzene rings is 1. The van der Waals surface area contributed by atoms with E-state index in [2.05, 4.69) is 8.37 Å². The van der Waals surface area contributed by atoms with Gasteiger partial charge >= 0.3 is 10.1 Å². The Bertz CT molecular complexity index is 576. The Morgan fingerprint density at radius 1 is 0.833 bits per heavy atom. The highest BCUT2D eigenvalue weighted by Crippen LogP contribution is 2.24. The number of ether oxygens (including phenoxy) is 1. The number of fused-ring (bicyclic) bond motifs is 1. The normalized spacial score (nSPS) is 22.9. The van der Waals surface area contributed by atoms with Gasteiger partial charge in [0.1, 0.15) is 9.79 Å². The molecule has 1 aliphatic rings. The van der Waals surface area contributed by atoms with Crippen LogP contribution < -0.4 is 0 Å². The first-order chi connectivity index (χ1) is 8.43. The number of hydrogen-bond donors (Lipinski definition) is 0. The van der Waals surface area contributed by atoms with E-state index in [0.717, 1.165) is 12.1 Å². The lowest BCUT2D eigenvalue weighted by atomic mass is 10.4. The standard InChI is InChI=1S/C9H10O7S2/c10-17(11)8-3-1-2-4-9(8)18(12,13)16-7-14-5-6-15-17/h1-4H,5-7H2. The van der Waals surface area contributed by atoms with Crippen molar-refractivity contribution in [2.75, 3.05) is 20.0 Å². The van der Waals surface area contributed by atoms with Crippen LogP contribution in [0.3, 0.4) is 0 Å². The Balaban J connectivity index is 2.63. The van der Waals surface area contributed by atoms with Crippen molar-refractivity contribution in [2.45, 2.75) is 9.79 Å². The zero-order chi connectivity index (χ0) is 13.2. The third-order valence-corrected chi connectivity index (χ3v) is 4.94. The molecule has 9 heteroatoms. The van der Waals surface area contributed by atoms with Crippen LogP contribution in [0.2, 0.25) is 0 Å². The van der Waals surface area contributed by atoms with Crippen molar-refractivity contribution in [3.8, 4) is 0 Å². The molecule has 2 rings (SSSR count). The minimum Gasteiger partial charge on any atom is -0.352 e. The molecule has 0 bridgehead atoms. The molecular formula is C9H10O7S2. The molecule has 0 aliphatic carbocycles. The molecule has 0 saturated heterocycles. The predicted molar refractivity (Wildman–Crippen MR) is 58.7 cm³/mol. The summed E-state index contributed by atoms with van der Waals surface area (Å²) in [6, 6.07) is 5.07. The maximum atomic E-state index is 11.8. The van der Waals surface area contributed by atoms with Gasteiger partial charge in [0.05, 0.1) is 13.2 Å². The Morgan fingerprint density at radius 2 is 1.39 bits per heavy atom. The molecule has 0 aromatic heterocycles. The zero-order valence-corrected chi connectivity index (χ0v) is 10.7. The molecule has 1 heterocycles. The molecule has 0 saturated carbocycles. The third kappa shape index (κ3) is 2.70. The van der Waals surface area contributed by atoms with Gasteiger partial charge in [0, 0.05) is 0 Å². The maximum absolute atomic E-state index is 11.8. The fraction of sp³-hybridized carbons (Fsp3) is 0.333. The second-order valence-corrected chi connectivity index (χ2v) is 6.49. The van der Waals surface area contributed by atoms with Crippen molar-refractivity contribution in [1.29, 1.82) is 0 Å². The van der Waals surface area contributed by atoms with Crippen LogP contribution in [0, 0.1) is 0 Å². The minimum absolute atomic E-state index is 0.0864. The van der Waals surface area contributed by atoms with E-state index in [9.17, 15) is 16.8 Å². The lowest BCUT2D eigenvalue weighted by molar-refractivity contribution is 0.00576. The Kier molecular flexibility index (Phi) is 3.69. The van der Waals surface area contributed by atoms with Crippen molar-refractivity contribution >= 4 is 20.2 Å². The van der Waals surface area contributed by atoms with Gasteiger partial charge in [-0.15, -0.1) is 0 Å². The summed E-state index contributed by atoms with van der Waals surface area (Å²) in [6.07, 6.45) is 0. The van der Waals surface area contributed by atoms with E-state index < -0.39 is 36.8 Å². The van der Waals surface area contributed by atoms with Gasteiger partial charge in [-0.25, -0.2) is 4.18 Å². The van der Waals surface area contributed by atoms with Gasteiger partial charge < -0.3 is 4.74 Å². The topological polar surface area (TPSA) is 96.0 Å². The summed E-state index contributed by atoms with van der Waals surface area (Å²) >= 11 is 0. The maximum Gasteiger partial charge on any atom is 0.300 e. The molecule has 0 amide bonds. The fourth-order valence-electron chi connectivity index (χ4n) is 1.35. The number of rotatable bonds is 0. The van der Waals surface area contributed by atoms with Crippen LogP contribution in [0.1, 0.15) is 0 Å². The highest BCUT2D eigenvalue weighted by Gasteiger charge is 2.28. The van der Waals surface area contributed by atoms with Crippen molar-refractivity contribution in [3.05, 3.63) is 24.3 Å². The highest BCUT2D eigenvalue weighted by atomic mass is 32.2. The van der Waals surface area contributed by atoms with Gasteiger partial charge in [0.2, 0.25) is 0 Å². The van der Waals surface area contributed by atoms with E-state index in [0.29, 0.717) is 0 Å². The first kappa shape index (κ1) is 13.4. The smallest absolute Gasteiger partial charge is 0.300 e. The lowest BCUT2D eigenvalue weighted by Crippen LogP contribution is -2.20. The van der Waals surface area contributed by atoms with Crippen molar-refractivity contribution in [2.24, 2.45) is 0 Å². The van der Waals surface area contributed by atoms with Crippen LogP contribution in [0.25, 0.3) is 0 Å². The van der Waals surface area contributed by atoms with Crippen LogP contribution in [0.15, 0.2) is 34.1 Å². The molecule has 0 radical (unpaired) electrons.